The Hall–Kier alpha value is -1.10. The molecule has 0 aromatic heterocycles. The van der Waals surface area contributed by atoms with Gasteiger partial charge in [0.2, 0.25) is 0 Å². The van der Waals surface area contributed by atoms with Crippen molar-refractivity contribution in [2.75, 3.05) is 0 Å². The van der Waals surface area contributed by atoms with Gasteiger partial charge in [0, 0.05) is 0 Å². The van der Waals surface area contributed by atoms with Crippen LogP contribution in [0.25, 0.3) is 0 Å². The SMILES string of the molecule is CC(OC(=O)C(C)(C)C(=O)O)OC1CC2CC1C1CCCC21. The van der Waals surface area contributed by atoms with Gasteiger partial charge in [-0.25, -0.2) is 0 Å². The zero-order chi connectivity index (χ0) is 16.1. The van der Waals surface area contributed by atoms with Crippen LogP contribution in [0.1, 0.15) is 52.9 Å². The molecule has 124 valence electrons. The zero-order valence-corrected chi connectivity index (χ0v) is 13.6. The quantitative estimate of drug-likeness (QED) is 0.480. The van der Waals surface area contributed by atoms with Gasteiger partial charge in [0.1, 0.15) is 0 Å². The third-order valence-electron chi connectivity index (χ3n) is 6.05. The summed E-state index contributed by atoms with van der Waals surface area (Å²) in [4.78, 5) is 23.0. The van der Waals surface area contributed by atoms with Crippen LogP contribution in [0.3, 0.4) is 0 Å². The molecule has 0 saturated heterocycles. The van der Waals surface area contributed by atoms with Crippen LogP contribution >= 0.6 is 0 Å². The lowest BCUT2D eigenvalue weighted by Crippen LogP contribution is -2.39. The van der Waals surface area contributed by atoms with Gasteiger partial charge in [0.05, 0.1) is 6.10 Å². The van der Waals surface area contributed by atoms with E-state index >= 15 is 0 Å². The van der Waals surface area contributed by atoms with Gasteiger partial charge >= 0.3 is 11.9 Å². The van der Waals surface area contributed by atoms with Gasteiger partial charge < -0.3 is 14.6 Å². The first-order chi connectivity index (χ1) is 10.3. The molecule has 0 heterocycles. The molecule has 22 heavy (non-hydrogen) atoms. The Bertz CT molecular complexity index is 472. The van der Waals surface area contributed by atoms with Crippen molar-refractivity contribution in [2.24, 2.45) is 29.1 Å². The number of hydrogen-bond donors (Lipinski definition) is 1. The Labute approximate surface area is 131 Å². The van der Waals surface area contributed by atoms with E-state index in [0.717, 1.165) is 24.2 Å². The first kappa shape index (κ1) is 15.8. The van der Waals surface area contributed by atoms with Crippen LogP contribution in [0.15, 0.2) is 0 Å². The minimum Gasteiger partial charge on any atom is -0.480 e. The molecule has 0 aromatic carbocycles. The molecule has 3 saturated carbocycles. The first-order valence-corrected chi connectivity index (χ1v) is 8.40. The second kappa shape index (κ2) is 5.52. The van der Waals surface area contributed by atoms with Crippen molar-refractivity contribution in [1.82, 2.24) is 0 Å². The predicted molar refractivity (Wildman–Crippen MR) is 78.9 cm³/mol. The summed E-state index contributed by atoms with van der Waals surface area (Å²) in [7, 11) is 0. The van der Waals surface area contributed by atoms with Crippen molar-refractivity contribution in [3.63, 3.8) is 0 Å². The Morgan fingerprint density at radius 2 is 1.82 bits per heavy atom. The fourth-order valence-corrected chi connectivity index (χ4v) is 4.82. The van der Waals surface area contributed by atoms with Crippen molar-refractivity contribution >= 4 is 11.9 Å². The molecule has 3 rings (SSSR count). The summed E-state index contributed by atoms with van der Waals surface area (Å²) in [6.07, 6.45) is 5.82. The van der Waals surface area contributed by atoms with E-state index in [1.807, 2.05) is 0 Å². The van der Waals surface area contributed by atoms with Crippen molar-refractivity contribution in [3.8, 4) is 0 Å². The normalized spacial score (nSPS) is 37.9. The van der Waals surface area contributed by atoms with Gasteiger partial charge in [0.15, 0.2) is 11.7 Å². The molecule has 0 aliphatic heterocycles. The van der Waals surface area contributed by atoms with Crippen LogP contribution in [0.5, 0.6) is 0 Å². The van der Waals surface area contributed by atoms with E-state index in [-0.39, 0.29) is 6.10 Å². The third kappa shape index (κ3) is 2.53. The summed E-state index contributed by atoms with van der Waals surface area (Å²) in [5.41, 5.74) is -1.54. The molecule has 6 unspecified atom stereocenters. The van der Waals surface area contributed by atoms with Gasteiger partial charge in [-0.15, -0.1) is 0 Å². The van der Waals surface area contributed by atoms with Gasteiger partial charge in [-0.2, -0.15) is 0 Å². The Morgan fingerprint density at radius 1 is 1.14 bits per heavy atom. The molecule has 0 aromatic rings. The topological polar surface area (TPSA) is 72.8 Å². The molecule has 0 amide bonds. The highest BCUT2D eigenvalue weighted by Crippen LogP contribution is 2.59. The van der Waals surface area contributed by atoms with Crippen LogP contribution in [0.4, 0.5) is 0 Å². The van der Waals surface area contributed by atoms with Crippen molar-refractivity contribution < 1.29 is 24.2 Å². The van der Waals surface area contributed by atoms with Crippen LogP contribution in [-0.2, 0) is 19.1 Å². The average molecular weight is 310 g/mol. The third-order valence-corrected chi connectivity index (χ3v) is 6.05. The molecule has 1 N–H and O–H groups in total. The van der Waals surface area contributed by atoms with Crippen molar-refractivity contribution in [1.29, 1.82) is 0 Å². The summed E-state index contributed by atoms with van der Waals surface area (Å²) in [6, 6.07) is 0. The van der Waals surface area contributed by atoms with E-state index in [2.05, 4.69) is 0 Å². The number of carbonyl (C=O) groups excluding carboxylic acids is 1. The second-order valence-corrected chi connectivity index (χ2v) is 7.73. The maximum absolute atomic E-state index is 11.9. The highest BCUT2D eigenvalue weighted by Gasteiger charge is 2.54. The zero-order valence-electron chi connectivity index (χ0n) is 13.6. The molecule has 3 fully saturated rings. The van der Waals surface area contributed by atoms with Gasteiger partial charge in [-0.1, -0.05) is 6.42 Å². The van der Waals surface area contributed by atoms with E-state index < -0.39 is 23.6 Å². The fourth-order valence-electron chi connectivity index (χ4n) is 4.82. The number of fused-ring (bicyclic) bond motifs is 5. The smallest absolute Gasteiger partial charge is 0.325 e. The summed E-state index contributed by atoms with van der Waals surface area (Å²) >= 11 is 0. The van der Waals surface area contributed by atoms with E-state index in [4.69, 9.17) is 14.6 Å². The Morgan fingerprint density at radius 3 is 2.50 bits per heavy atom. The number of ether oxygens (including phenoxy) is 2. The number of carboxylic acids is 1. The number of hydrogen-bond acceptors (Lipinski definition) is 4. The molecular formula is C17H26O5. The molecule has 0 radical (unpaired) electrons. The minimum absolute atomic E-state index is 0.167. The largest absolute Gasteiger partial charge is 0.480 e. The predicted octanol–water partition coefficient (Wildman–Crippen LogP) is 2.83. The fraction of sp³-hybridized carbons (Fsp3) is 0.882. The first-order valence-electron chi connectivity index (χ1n) is 8.40. The number of carboxylic acid groups (broad SMARTS) is 1. The number of rotatable bonds is 5. The summed E-state index contributed by atoms with van der Waals surface area (Å²) in [6.45, 7) is 4.39. The van der Waals surface area contributed by atoms with Crippen LogP contribution in [0, 0.1) is 29.1 Å². The van der Waals surface area contributed by atoms with Crippen molar-refractivity contribution in [2.45, 2.75) is 65.3 Å². The molecule has 2 bridgehead atoms. The van der Waals surface area contributed by atoms with E-state index in [9.17, 15) is 9.59 Å². The molecular weight excluding hydrogens is 284 g/mol. The maximum Gasteiger partial charge on any atom is 0.325 e. The van der Waals surface area contributed by atoms with Crippen LogP contribution in [-0.4, -0.2) is 29.4 Å². The van der Waals surface area contributed by atoms with Gasteiger partial charge in [-0.05, 0) is 70.1 Å². The average Bonchev–Trinajstić information content (AvgIpc) is 3.09. The number of esters is 1. The maximum atomic E-state index is 11.9. The monoisotopic (exact) mass is 310 g/mol. The molecule has 3 aliphatic carbocycles. The highest BCUT2D eigenvalue weighted by atomic mass is 16.7. The lowest BCUT2D eigenvalue weighted by Gasteiger charge is -2.33. The molecule has 3 aliphatic rings. The number of carbonyl (C=O) groups is 2. The summed E-state index contributed by atoms with van der Waals surface area (Å²) in [5.74, 6) is 1.15. The van der Waals surface area contributed by atoms with Crippen LogP contribution < -0.4 is 0 Å². The number of aliphatic carboxylic acids is 1. The summed E-state index contributed by atoms with van der Waals surface area (Å²) < 4.78 is 11.2. The minimum atomic E-state index is -1.54. The van der Waals surface area contributed by atoms with E-state index in [1.54, 1.807) is 6.92 Å². The van der Waals surface area contributed by atoms with Crippen LogP contribution in [0.2, 0.25) is 0 Å². The van der Waals surface area contributed by atoms with Gasteiger partial charge in [0.25, 0.3) is 0 Å². The van der Waals surface area contributed by atoms with Crippen molar-refractivity contribution in [3.05, 3.63) is 0 Å². The standard InChI is InChI=1S/C17H26O5/c1-9(22-16(20)17(2,3)15(18)19)21-14-8-10-7-13(14)12-6-4-5-11(10)12/h9-14H,4-8H2,1-3H3,(H,18,19). The lowest BCUT2D eigenvalue weighted by atomic mass is 9.80. The van der Waals surface area contributed by atoms with Gasteiger partial charge in [-0.3, -0.25) is 9.59 Å². The lowest BCUT2D eigenvalue weighted by molar-refractivity contribution is -0.202. The second-order valence-electron chi connectivity index (χ2n) is 7.73. The van der Waals surface area contributed by atoms with E-state index in [1.165, 1.54) is 39.5 Å². The Kier molecular flexibility index (Phi) is 3.96. The molecule has 6 atom stereocenters. The highest BCUT2D eigenvalue weighted by molar-refractivity contribution is 5.98. The molecule has 0 spiro atoms. The summed E-state index contributed by atoms with van der Waals surface area (Å²) in [5, 5.41) is 9.06. The van der Waals surface area contributed by atoms with E-state index in [0.29, 0.717) is 5.92 Å². The Balaban J connectivity index is 1.54. The molecule has 5 nitrogen and oxygen atoms in total. The molecule has 5 heteroatoms.